The summed E-state index contributed by atoms with van der Waals surface area (Å²) in [4.78, 5) is 11.3. The summed E-state index contributed by atoms with van der Waals surface area (Å²) in [6.45, 7) is 3.66. The van der Waals surface area contributed by atoms with Crippen LogP contribution in [-0.2, 0) is 14.3 Å². The Morgan fingerprint density at radius 3 is 3.00 bits per heavy atom. The average Bonchev–Trinajstić information content (AvgIpc) is 2.27. The maximum Gasteiger partial charge on any atom is 0.306 e. The Kier molecular flexibility index (Phi) is 5.65. The largest absolute Gasteiger partial charge is 0.463 e. The smallest absolute Gasteiger partial charge is 0.306 e. The Balaban J connectivity index is 2.10. The minimum atomic E-state index is -0.165. The molecule has 0 radical (unpaired) electrons. The Bertz CT molecular complexity index is 190. The van der Waals surface area contributed by atoms with E-state index in [1.165, 1.54) is 6.42 Å². The minimum absolute atomic E-state index is 0.107. The van der Waals surface area contributed by atoms with Gasteiger partial charge in [-0.2, -0.15) is 0 Å². The van der Waals surface area contributed by atoms with E-state index in [0.717, 1.165) is 19.4 Å². The van der Waals surface area contributed by atoms with E-state index in [4.69, 9.17) is 15.2 Å². The summed E-state index contributed by atoms with van der Waals surface area (Å²) < 4.78 is 10.6. The molecule has 0 bridgehead atoms. The summed E-state index contributed by atoms with van der Waals surface area (Å²) in [5, 5.41) is 0. The van der Waals surface area contributed by atoms with Gasteiger partial charge in [-0.05, 0) is 31.7 Å². The predicted molar refractivity (Wildman–Crippen MR) is 57.4 cm³/mol. The summed E-state index contributed by atoms with van der Waals surface area (Å²) in [5.41, 5.74) is 5.43. The molecule has 1 fully saturated rings. The summed E-state index contributed by atoms with van der Waals surface area (Å²) in [7, 11) is 0. The molecule has 0 aromatic rings. The maximum atomic E-state index is 11.3. The van der Waals surface area contributed by atoms with Gasteiger partial charge < -0.3 is 15.2 Å². The lowest BCUT2D eigenvalue weighted by atomic mass is 10.1. The van der Waals surface area contributed by atoms with E-state index in [-0.39, 0.29) is 18.0 Å². The molecule has 1 aliphatic rings. The molecular weight excluding hydrogens is 194 g/mol. The number of ether oxygens (including phenoxy) is 2. The summed E-state index contributed by atoms with van der Waals surface area (Å²) >= 11 is 0. The van der Waals surface area contributed by atoms with Crippen molar-refractivity contribution >= 4 is 5.97 Å². The highest BCUT2D eigenvalue weighted by atomic mass is 16.6. The number of carbonyl (C=O) groups is 1. The molecule has 0 spiro atoms. The molecule has 4 nitrogen and oxygen atoms in total. The van der Waals surface area contributed by atoms with Gasteiger partial charge in [0.25, 0.3) is 0 Å². The van der Waals surface area contributed by atoms with E-state index >= 15 is 0 Å². The van der Waals surface area contributed by atoms with E-state index in [0.29, 0.717) is 19.6 Å². The monoisotopic (exact) mass is 215 g/mol. The normalized spacial score (nSPS) is 23.5. The first-order chi connectivity index (χ1) is 7.22. The third-order valence-corrected chi connectivity index (χ3v) is 2.62. The van der Waals surface area contributed by atoms with Crippen LogP contribution >= 0.6 is 0 Å². The molecule has 88 valence electrons. The molecule has 0 aromatic carbocycles. The Morgan fingerprint density at radius 2 is 2.40 bits per heavy atom. The SMILES string of the molecule is CC(CN)CC(=O)OCC1CCCCO1. The van der Waals surface area contributed by atoms with E-state index < -0.39 is 0 Å². The third-order valence-electron chi connectivity index (χ3n) is 2.62. The lowest BCUT2D eigenvalue weighted by Gasteiger charge is -2.22. The maximum absolute atomic E-state index is 11.3. The van der Waals surface area contributed by atoms with Gasteiger partial charge in [0.2, 0.25) is 0 Å². The molecule has 0 aromatic heterocycles. The Hall–Kier alpha value is -0.610. The van der Waals surface area contributed by atoms with Gasteiger partial charge in [-0.3, -0.25) is 4.79 Å². The van der Waals surface area contributed by atoms with E-state index in [1.807, 2.05) is 6.92 Å². The summed E-state index contributed by atoms with van der Waals surface area (Å²) in [6.07, 6.45) is 3.80. The van der Waals surface area contributed by atoms with Crippen molar-refractivity contribution in [3.63, 3.8) is 0 Å². The fourth-order valence-corrected chi connectivity index (χ4v) is 1.55. The molecule has 1 saturated heterocycles. The van der Waals surface area contributed by atoms with Gasteiger partial charge in [-0.1, -0.05) is 6.92 Å². The van der Waals surface area contributed by atoms with Crippen molar-refractivity contribution < 1.29 is 14.3 Å². The standard InChI is InChI=1S/C11H21NO3/c1-9(7-12)6-11(13)15-8-10-4-2-3-5-14-10/h9-10H,2-8,12H2,1H3. The molecule has 0 saturated carbocycles. The number of rotatable bonds is 5. The zero-order valence-corrected chi connectivity index (χ0v) is 9.41. The first-order valence-corrected chi connectivity index (χ1v) is 5.69. The van der Waals surface area contributed by atoms with Gasteiger partial charge in [-0.25, -0.2) is 0 Å². The van der Waals surface area contributed by atoms with Gasteiger partial charge in [0.15, 0.2) is 0 Å². The van der Waals surface area contributed by atoms with E-state index in [9.17, 15) is 4.79 Å². The van der Waals surface area contributed by atoms with Crippen LogP contribution in [0.25, 0.3) is 0 Å². The number of hydrogen-bond acceptors (Lipinski definition) is 4. The topological polar surface area (TPSA) is 61.6 Å². The van der Waals surface area contributed by atoms with Crippen LogP contribution in [0.15, 0.2) is 0 Å². The van der Waals surface area contributed by atoms with Gasteiger partial charge in [-0.15, -0.1) is 0 Å². The molecule has 2 atom stereocenters. The quantitative estimate of drug-likeness (QED) is 0.697. The van der Waals surface area contributed by atoms with Crippen molar-refractivity contribution in [2.75, 3.05) is 19.8 Å². The van der Waals surface area contributed by atoms with Crippen LogP contribution in [0.3, 0.4) is 0 Å². The molecule has 1 heterocycles. The van der Waals surface area contributed by atoms with Crippen LogP contribution in [0, 0.1) is 5.92 Å². The fraction of sp³-hybridized carbons (Fsp3) is 0.909. The molecule has 1 aliphatic heterocycles. The second kappa shape index (κ2) is 6.80. The zero-order chi connectivity index (χ0) is 11.1. The van der Waals surface area contributed by atoms with Crippen molar-refractivity contribution in [1.29, 1.82) is 0 Å². The van der Waals surface area contributed by atoms with Crippen LogP contribution in [0.2, 0.25) is 0 Å². The van der Waals surface area contributed by atoms with Crippen molar-refractivity contribution in [1.82, 2.24) is 0 Å². The molecule has 0 amide bonds. The highest BCUT2D eigenvalue weighted by molar-refractivity contribution is 5.69. The number of nitrogens with two attached hydrogens (primary N) is 1. The summed E-state index contributed by atoms with van der Waals surface area (Å²) in [6, 6.07) is 0. The Morgan fingerprint density at radius 1 is 1.60 bits per heavy atom. The Labute approximate surface area is 91.1 Å². The molecule has 2 unspecified atom stereocenters. The highest BCUT2D eigenvalue weighted by Crippen LogP contribution is 2.13. The molecule has 15 heavy (non-hydrogen) atoms. The van der Waals surface area contributed by atoms with Crippen LogP contribution in [0.4, 0.5) is 0 Å². The van der Waals surface area contributed by atoms with Crippen LogP contribution in [0.1, 0.15) is 32.6 Å². The highest BCUT2D eigenvalue weighted by Gasteiger charge is 2.16. The van der Waals surface area contributed by atoms with Gasteiger partial charge in [0.1, 0.15) is 6.61 Å². The van der Waals surface area contributed by atoms with Crippen molar-refractivity contribution in [2.45, 2.75) is 38.7 Å². The molecule has 4 heteroatoms. The van der Waals surface area contributed by atoms with E-state index in [2.05, 4.69) is 0 Å². The number of hydrogen-bond donors (Lipinski definition) is 1. The number of esters is 1. The van der Waals surface area contributed by atoms with Crippen LogP contribution in [0.5, 0.6) is 0 Å². The van der Waals surface area contributed by atoms with E-state index in [1.54, 1.807) is 0 Å². The first kappa shape index (κ1) is 12.5. The molecule has 1 rings (SSSR count). The first-order valence-electron chi connectivity index (χ1n) is 5.69. The second-order valence-electron chi connectivity index (χ2n) is 4.22. The molecule has 2 N–H and O–H groups in total. The van der Waals surface area contributed by atoms with Gasteiger partial charge >= 0.3 is 5.97 Å². The lowest BCUT2D eigenvalue weighted by molar-refractivity contribution is -0.150. The lowest BCUT2D eigenvalue weighted by Crippen LogP contribution is -2.26. The second-order valence-corrected chi connectivity index (χ2v) is 4.22. The van der Waals surface area contributed by atoms with Gasteiger partial charge in [0.05, 0.1) is 6.10 Å². The van der Waals surface area contributed by atoms with Crippen molar-refractivity contribution in [3.8, 4) is 0 Å². The number of carbonyl (C=O) groups excluding carboxylic acids is 1. The van der Waals surface area contributed by atoms with Crippen molar-refractivity contribution in [2.24, 2.45) is 11.7 Å². The van der Waals surface area contributed by atoms with Gasteiger partial charge in [0, 0.05) is 13.0 Å². The fourth-order valence-electron chi connectivity index (χ4n) is 1.55. The zero-order valence-electron chi connectivity index (χ0n) is 9.41. The van der Waals surface area contributed by atoms with Crippen LogP contribution < -0.4 is 5.73 Å². The predicted octanol–water partition coefficient (Wildman–Crippen LogP) is 1.08. The minimum Gasteiger partial charge on any atom is -0.463 e. The summed E-state index contributed by atoms with van der Waals surface area (Å²) in [5.74, 6) is 0.0342. The average molecular weight is 215 g/mol. The third kappa shape index (κ3) is 5.14. The molecule has 0 aliphatic carbocycles. The van der Waals surface area contributed by atoms with Crippen LogP contribution in [-0.4, -0.2) is 31.8 Å². The molecular formula is C11H21NO3. The van der Waals surface area contributed by atoms with Crippen molar-refractivity contribution in [3.05, 3.63) is 0 Å².